The van der Waals surface area contributed by atoms with E-state index in [1.54, 1.807) is 0 Å². The highest BCUT2D eigenvalue weighted by Crippen LogP contribution is 2.35. The summed E-state index contributed by atoms with van der Waals surface area (Å²) in [6.45, 7) is 0. The zero-order chi connectivity index (χ0) is 17.1. The molecule has 1 amide bonds. The van der Waals surface area contributed by atoms with Gasteiger partial charge in [-0.3, -0.25) is 10.1 Å². The van der Waals surface area contributed by atoms with Gasteiger partial charge in [-0.25, -0.2) is 4.98 Å². The number of aromatic amines is 1. The Morgan fingerprint density at radius 1 is 1.24 bits per heavy atom. The van der Waals surface area contributed by atoms with Crippen molar-refractivity contribution in [3.8, 4) is 0 Å². The fraction of sp³-hybridized carbons (Fsp3) is 0.412. The molecular formula is C17H19N5OS2. The molecule has 2 heterocycles. The number of aromatic nitrogens is 4. The molecule has 0 radical (unpaired) electrons. The Bertz CT molecular complexity index is 836. The van der Waals surface area contributed by atoms with E-state index in [4.69, 9.17) is 0 Å². The fourth-order valence-electron chi connectivity index (χ4n) is 3.09. The number of amides is 1. The van der Waals surface area contributed by atoms with E-state index in [-0.39, 0.29) is 11.7 Å². The predicted molar refractivity (Wildman–Crippen MR) is 101 cm³/mol. The minimum Gasteiger partial charge on any atom is -0.333 e. The molecule has 8 heteroatoms. The Morgan fingerprint density at radius 2 is 2.08 bits per heavy atom. The van der Waals surface area contributed by atoms with Crippen molar-refractivity contribution in [1.29, 1.82) is 0 Å². The van der Waals surface area contributed by atoms with Crippen LogP contribution in [0.5, 0.6) is 0 Å². The minimum atomic E-state index is -0.0863. The molecule has 0 aliphatic heterocycles. The van der Waals surface area contributed by atoms with Gasteiger partial charge in [0.05, 0.1) is 16.8 Å². The first-order valence-electron chi connectivity index (χ1n) is 8.49. The highest BCUT2D eigenvalue weighted by Gasteiger charge is 2.20. The lowest BCUT2D eigenvalue weighted by Gasteiger charge is -2.18. The lowest BCUT2D eigenvalue weighted by molar-refractivity contribution is -0.113. The molecule has 0 unspecified atom stereocenters. The number of carbonyl (C=O) groups excluding carboxylic acids is 1. The average Bonchev–Trinajstić information content (AvgIpc) is 3.27. The first kappa shape index (κ1) is 16.5. The molecule has 1 aliphatic rings. The van der Waals surface area contributed by atoms with E-state index >= 15 is 0 Å². The first-order chi connectivity index (χ1) is 12.3. The molecule has 25 heavy (non-hydrogen) atoms. The highest BCUT2D eigenvalue weighted by atomic mass is 32.2. The zero-order valence-corrected chi connectivity index (χ0v) is 15.3. The second-order valence-corrected chi connectivity index (χ2v) is 8.15. The Morgan fingerprint density at radius 3 is 2.92 bits per heavy atom. The lowest BCUT2D eigenvalue weighted by Crippen LogP contribution is -2.13. The van der Waals surface area contributed by atoms with Gasteiger partial charge in [0, 0.05) is 5.92 Å². The van der Waals surface area contributed by atoms with Crippen LogP contribution in [0.2, 0.25) is 0 Å². The maximum atomic E-state index is 12.2. The molecule has 2 N–H and O–H groups in total. The first-order valence-corrected chi connectivity index (χ1v) is 10.3. The van der Waals surface area contributed by atoms with Gasteiger partial charge in [0.15, 0.2) is 5.16 Å². The highest BCUT2D eigenvalue weighted by molar-refractivity contribution is 7.99. The van der Waals surface area contributed by atoms with Gasteiger partial charge in [-0.1, -0.05) is 54.5 Å². The molecule has 0 bridgehead atoms. The van der Waals surface area contributed by atoms with Crippen LogP contribution in [0.3, 0.4) is 0 Å². The SMILES string of the molecule is O=C(CSc1nc2ccccc2[nH]1)Nc1nnc(C2CCCCC2)s1. The van der Waals surface area contributed by atoms with E-state index in [1.807, 2.05) is 24.3 Å². The Balaban J connectivity index is 1.32. The van der Waals surface area contributed by atoms with Crippen molar-refractivity contribution in [2.24, 2.45) is 0 Å². The van der Waals surface area contributed by atoms with Crippen LogP contribution in [-0.4, -0.2) is 31.8 Å². The van der Waals surface area contributed by atoms with Crippen LogP contribution in [0.4, 0.5) is 5.13 Å². The topological polar surface area (TPSA) is 83.6 Å². The summed E-state index contributed by atoms with van der Waals surface area (Å²) in [6, 6.07) is 7.83. The third-order valence-corrected chi connectivity index (χ3v) is 6.22. The number of fused-ring (bicyclic) bond motifs is 1. The largest absolute Gasteiger partial charge is 0.333 e. The van der Waals surface area contributed by atoms with Gasteiger partial charge in [-0.05, 0) is 25.0 Å². The maximum Gasteiger partial charge on any atom is 0.236 e. The van der Waals surface area contributed by atoms with Crippen LogP contribution >= 0.6 is 23.1 Å². The number of carbonyl (C=O) groups is 1. The molecule has 2 aromatic heterocycles. The molecule has 4 rings (SSSR count). The van der Waals surface area contributed by atoms with Crippen LogP contribution < -0.4 is 5.32 Å². The summed E-state index contributed by atoms with van der Waals surface area (Å²) < 4.78 is 0. The van der Waals surface area contributed by atoms with Crippen LogP contribution in [-0.2, 0) is 4.79 Å². The summed E-state index contributed by atoms with van der Waals surface area (Å²) in [5.74, 6) is 0.719. The van der Waals surface area contributed by atoms with Crippen molar-refractivity contribution in [3.05, 3.63) is 29.3 Å². The van der Waals surface area contributed by atoms with Crippen molar-refractivity contribution >= 4 is 45.2 Å². The number of H-pyrrole nitrogens is 1. The van der Waals surface area contributed by atoms with Gasteiger partial charge in [0.25, 0.3) is 0 Å². The average molecular weight is 374 g/mol. The number of hydrogen-bond acceptors (Lipinski definition) is 6. The second-order valence-electron chi connectivity index (χ2n) is 6.18. The molecular weight excluding hydrogens is 354 g/mol. The number of nitrogens with zero attached hydrogens (tertiary/aromatic N) is 3. The smallest absolute Gasteiger partial charge is 0.236 e. The number of imidazole rings is 1. The third kappa shape index (κ3) is 4.01. The summed E-state index contributed by atoms with van der Waals surface area (Å²) in [5, 5.41) is 13.6. The van der Waals surface area contributed by atoms with Gasteiger partial charge in [-0.2, -0.15) is 0 Å². The molecule has 1 aliphatic carbocycles. The molecule has 6 nitrogen and oxygen atoms in total. The molecule has 0 spiro atoms. The summed E-state index contributed by atoms with van der Waals surface area (Å²) in [7, 11) is 0. The summed E-state index contributed by atoms with van der Waals surface area (Å²) in [6.07, 6.45) is 6.22. The zero-order valence-electron chi connectivity index (χ0n) is 13.7. The Kier molecular flexibility index (Phi) is 4.98. The molecule has 0 atom stereocenters. The van der Waals surface area contributed by atoms with Gasteiger partial charge >= 0.3 is 0 Å². The van der Waals surface area contributed by atoms with Gasteiger partial charge in [-0.15, -0.1) is 10.2 Å². The maximum absolute atomic E-state index is 12.2. The quantitative estimate of drug-likeness (QED) is 0.655. The standard InChI is InChI=1S/C17H19N5OS2/c23-14(10-24-16-18-12-8-4-5-9-13(12)19-16)20-17-22-21-15(25-17)11-6-2-1-3-7-11/h4-5,8-9,11H,1-3,6-7,10H2,(H,18,19)(H,20,22,23). The van der Waals surface area contributed by atoms with Gasteiger partial charge in [0.2, 0.25) is 11.0 Å². The minimum absolute atomic E-state index is 0.0863. The number of para-hydroxylation sites is 2. The van der Waals surface area contributed by atoms with E-state index < -0.39 is 0 Å². The van der Waals surface area contributed by atoms with E-state index in [0.29, 0.717) is 11.0 Å². The van der Waals surface area contributed by atoms with Crippen LogP contribution in [0.1, 0.15) is 43.0 Å². The Labute approximate surface area is 153 Å². The monoisotopic (exact) mass is 373 g/mol. The van der Waals surface area contributed by atoms with Crippen LogP contribution in [0.25, 0.3) is 11.0 Å². The molecule has 130 valence electrons. The molecule has 1 saturated carbocycles. The number of thioether (sulfide) groups is 1. The van der Waals surface area contributed by atoms with Gasteiger partial charge in [0.1, 0.15) is 5.01 Å². The molecule has 3 aromatic rings. The third-order valence-electron chi connectivity index (χ3n) is 4.35. The fourth-order valence-corrected chi connectivity index (χ4v) is 4.70. The molecule has 1 aromatic carbocycles. The van der Waals surface area contributed by atoms with E-state index in [0.717, 1.165) is 21.2 Å². The second kappa shape index (κ2) is 7.53. The van der Waals surface area contributed by atoms with Crippen molar-refractivity contribution in [1.82, 2.24) is 20.2 Å². The van der Waals surface area contributed by atoms with Crippen molar-refractivity contribution < 1.29 is 4.79 Å². The number of benzene rings is 1. The normalized spacial score (nSPS) is 15.5. The van der Waals surface area contributed by atoms with Gasteiger partial charge < -0.3 is 4.98 Å². The van der Waals surface area contributed by atoms with Crippen molar-refractivity contribution in [3.63, 3.8) is 0 Å². The number of anilines is 1. The van der Waals surface area contributed by atoms with Crippen LogP contribution in [0.15, 0.2) is 29.4 Å². The molecule has 1 fully saturated rings. The lowest BCUT2D eigenvalue weighted by atomic mass is 9.90. The van der Waals surface area contributed by atoms with Crippen molar-refractivity contribution in [2.75, 3.05) is 11.1 Å². The number of nitrogens with one attached hydrogen (secondary N) is 2. The number of hydrogen-bond donors (Lipinski definition) is 2. The summed E-state index contributed by atoms with van der Waals surface area (Å²) in [4.78, 5) is 19.8. The van der Waals surface area contributed by atoms with E-state index in [9.17, 15) is 4.79 Å². The predicted octanol–water partition coefficient (Wildman–Crippen LogP) is 4.19. The van der Waals surface area contributed by atoms with Crippen molar-refractivity contribution in [2.45, 2.75) is 43.2 Å². The summed E-state index contributed by atoms with van der Waals surface area (Å²) in [5.41, 5.74) is 1.89. The van der Waals surface area contributed by atoms with E-state index in [2.05, 4.69) is 25.5 Å². The van der Waals surface area contributed by atoms with E-state index in [1.165, 1.54) is 55.2 Å². The van der Waals surface area contributed by atoms with Crippen LogP contribution in [0, 0.1) is 0 Å². The summed E-state index contributed by atoms with van der Waals surface area (Å²) >= 11 is 2.89. The number of rotatable bonds is 5. The molecule has 0 saturated heterocycles. The Hall–Kier alpha value is -1.93.